The molecule has 0 N–H and O–H groups in total. The minimum Gasteiger partial charge on any atom is -0.494 e. The molecular formula is C11H6Cl2FIN2O. The molecule has 0 unspecified atom stereocenters. The van der Waals surface area contributed by atoms with Crippen LogP contribution in [0.2, 0.25) is 10.3 Å². The van der Waals surface area contributed by atoms with E-state index in [1.807, 2.05) is 22.6 Å². The Morgan fingerprint density at radius 3 is 2.33 bits per heavy atom. The second-order valence-electron chi connectivity index (χ2n) is 3.29. The van der Waals surface area contributed by atoms with Crippen LogP contribution in [0.5, 0.6) is 5.75 Å². The van der Waals surface area contributed by atoms with Crippen molar-refractivity contribution >= 4 is 45.8 Å². The minimum absolute atomic E-state index is 0.154. The molecule has 0 saturated heterocycles. The fraction of sp³-hybridized carbons (Fsp3) is 0.0909. The van der Waals surface area contributed by atoms with Crippen LogP contribution in [0.15, 0.2) is 18.2 Å². The predicted octanol–water partition coefficient (Wildman–Crippen LogP) is 4.20. The molecule has 0 radical (unpaired) electrons. The van der Waals surface area contributed by atoms with Crippen molar-refractivity contribution in [2.75, 3.05) is 7.11 Å². The van der Waals surface area contributed by atoms with Crippen molar-refractivity contribution in [1.29, 1.82) is 0 Å². The van der Waals surface area contributed by atoms with Gasteiger partial charge in [-0.3, -0.25) is 0 Å². The Morgan fingerprint density at radius 1 is 1.22 bits per heavy atom. The zero-order chi connectivity index (χ0) is 13.3. The Bertz CT molecular complexity index is 587. The first-order valence-electron chi connectivity index (χ1n) is 4.75. The molecule has 7 heteroatoms. The first kappa shape index (κ1) is 13.8. The maximum Gasteiger partial charge on any atom is 0.165 e. The summed E-state index contributed by atoms with van der Waals surface area (Å²) in [6.07, 6.45) is 0. The molecule has 0 amide bonds. The van der Waals surface area contributed by atoms with E-state index in [1.54, 1.807) is 6.07 Å². The van der Waals surface area contributed by atoms with Crippen LogP contribution in [0.4, 0.5) is 4.39 Å². The first-order chi connectivity index (χ1) is 8.52. The average Bonchev–Trinajstić information content (AvgIpc) is 2.35. The van der Waals surface area contributed by atoms with E-state index in [0.717, 1.165) is 0 Å². The lowest BCUT2D eigenvalue weighted by Gasteiger charge is -2.06. The highest BCUT2D eigenvalue weighted by atomic mass is 127. The van der Waals surface area contributed by atoms with Crippen molar-refractivity contribution in [3.63, 3.8) is 0 Å². The molecule has 2 rings (SSSR count). The number of benzene rings is 1. The van der Waals surface area contributed by atoms with Gasteiger partial charge in [0.15, 0.2) is 17.4 Å². The SMILES string of the molecule is COc1ccc(-c2nc(Cl)c(I)c(Cl)n2)cc1F. The van der Waals surface area contributed by atoms with Crippen LogP contribution in [0.1, 0.15) is 0 Å². The Hall–Kier alpha value is -0.660. The lowest BCUT2D eigenvalue weighted by Crippen LogP contribution is -1.95. The molecule has 0 atom stereocenters. The van der Waals surface area contributed by atoms with E-state index in [0.29, 0.717) is 9.13 Å². The summed E-state index contributed by atoms with van der Waals surface area (Å²) < 4.78 is 19.0. The van der Waals surface area contributed by atoms with Crippen LogP contribution in [0, 0.1) is 9.39 Å². The van der Waals surface area contributed by atoms with E-state index >= 15 is 0 Å². The van der Waals surface area contributed by atoms with Crippen LogP contribution in [0.25, 0.3) is 11.4 Å². The Morgan fingerprint density at radius 2 is 1.83 bits per heavy atom. The molecule has 0 bridgehead atoms. The van der Waals surface area contributed by atoms with Gasteiger partial charge in [-0.25, -0.2) is 14.4 Å². The van der Waals surface area contributed by atoms with E-state index in [2.05, 4.69) is 9.97 Å². The number of ether oxygens (including phenoxy) is 1. The van der Waals surface area contributed by atoms with Gasteiger partial charge in [0.1, 0.15) is 10.3 Å². The van der Waals surface area contributed by atoms with Crippen molar-refractivity contribution in [3.05, 3.63) is 37.9 Å². The highest BCUT2D eigenvalue weighted by Gasteiger charge is 2.12. The van der Waals surface area contributed by atoms with Gasteiger partial charge in [0.25, 0.3) is 0 Å². The Labute approximate surface area is 126 Å². The summed E-state index contributed by atoms with van der Waals surface area (Å²) in [6.45, 7) is 0. The van der Waals surface area contributed by atoms with Crippen molar-refractivity contribution in [2.24, 2.45) is 0 Å². The molecule has 0 spiro atoms. The molecule has 94 valence electrons. The van der Waals surface area contributed by atoms with Gasteiger partial charge in [0.2, 0.25) is 0 Å². The first-order valence-corrected chi connectivity index (χ1v) is 6.59. The molecular weight excluding hydrogens is 393 g/mol. The van der Waals surface area contributed by atoms with E-state index in [1.165, 1.54) is 19.2 Å². The third kappa shape index (κ3) is 2.67. The fourth-order valence-corrected chi connectivity index (χ4v) is 1.96. The summed E-state index contributed by atoms with van der Waals surface area (Å²) in [7, 11) is 1.40. The monoisotopic (exact) mass is 398 g/mol. The van der Waals surface area contributed by atoms with Crippen LogP contribution in [-0.2, 0) is 0 Å². The number of halogens is 4. The molecule has 18 heavy (non-hydrogen) atoms. The van der Waals surface area contributed by atoms with Crippen molar-refractivity contribution < 1.29 is 9.13 Å². The van der Waals surface area contributed by atoms with Crippen LogP contribution in [-0.4, -0.2) is 17.1 Å². The summed E-state index contributed by atoms with van der Waals surface area (Å²) in [4.78, 5) is 8.11. The van der Waals surface area contributed by atoms with Crippen molar-refractivity contribution in [3.8, 4) is 17.1 Å². The van der Waals surface area contributed by atoms with Gasteiger partial charge in [0, 0.05) is 5.56 Å². The van der Waals surface area contributed by atoms with E-state index in [-0.39, 0.29) is 21.9 Å². The number of rotatable bonds is 2. The summed E-state index contributed by atoms with van der Waals surface area (Å²) in [5.74, 6) is -0.0715. The molecule has 1 aromatic heterocycles. The van der Waals surface area contributed by atoms with Gasteiger partial charge >= 0.3 is 0 Å². The second kappa shape index (κ2) is 5.54. The van der Waals surface area contributed by atoms with E-state index < -0.39 is 5.82 Å². The molecule has 2 aromatic rings. The van der Waals surface area contributed by atoms with Gasteiger partial charge in [-0.1, -0.05) is 23.2 Å². The standard InChI is InChI=1S/C11H6Cl2FIN2O/c1-18-7-3-2-5(4-6(7)14)11-16-9(12)8(15)10(13)17-11/h2-4H,1H3. The molecule has 0 saturated carbocycles. The summed E-state index contributed by atoms with van der Waals surface area (Å²) in [5, 5.41) is 0.476. The molecule has 0 aliphatic heterocycles. The van der Waals surface area contributed by atoms with Crippen LogP contribution < -0.4 is 4.74 Å². The topological polar surface area (TPSA) is 35.0 Å². The van der Waals surface area contributed by atoms with Gasteiger partial charge in [0.05, 0.1) is 10.7 Å². The number of hydrogen-bond acceptors (Lipinski definition) is 3. The zero-order valence-electron chi connectivity index (χ0n) is 9.05. The zero-order valence-corrected chi connectivity index (χ0v) is 12.7. The summed E-state index contributed by atoms with van der Waals surface area (Å²) >= 11 is 13.8. The largest absolute Gasteiger partial charge is 0.494 e. The quantitative estimate of drug-likeness (QED) is 0.561. The maximum atomic E-state index is 13.6. The Balaban J connectivity index is 2.52. The molecule has 3 nitrogen and oxygen atoms in total. The van der Waals surface area contributed by atoms with E-state index in [9.17, 15) is 4.39 Å². The van der Waals surface area contributed by atoms with Gasteiger partial charge in [-0.05, 0) is 40.8 Å². The normalized spacial score (nSPS) is 10.5. The highest BCUT2D eigenvalue weighted by Crippen LogP contribution is 2.28. The third-order valence-electron chi connectivity index (χ3n) is 2.18. The summed E-state index contributed by atoms with van der Waals surface area (Å²) in [6, 6.07) is 4.40. The van der Waals surface area contributed by atoms with Crippen molar-refractivity contribution in [2.45, 2.75) is 0 Å². The van der Waals surface area contributed by atoms with E-state index in [4.69, 9.17) is 27.9 Å². The summed E-state index contributed by atoms with van der Waals surface area (Å²) in [5.41, 5.74) is 0.480. The fourth-order valence-electron chi connectivity index (χ4n) is 1.33. The van der Waals surface area contributed by atoms with Gasteiger partial charge in [-0.15, -0.1) is 0 Å². The number of nitrogens with zero attached hydrogens (tertiary/aromatic N) is 2. The average molecular weight is 399 g/mol. The third-order valence-corrected chi connectivity index (χ3v) is 4.39. The predicted molar refractivity (Wildman–Crippen MR) is 76.7 cm³/mol. The number of aromatic nitrogens is 2. The lowest BCUT2D eigenvalue weighted by molar-refractivity contribution is 0.386. The molecule has 1 heterocycles. The second-order valence-corrected chi connectivity index (χ2v) is 5.09. The molecule has 0 aliphatic rings. The highest BCUT2D eigenvalue weighted by molar-refractivity contribution is 14.1. The Kier molecular flexibility index (Phi) is 4.24. The molecule has 0 fully saturated rings. The molecule has 0 aliphatic carbocycles. The van der Waals surface area contributed by atoms with Gasteiger partial charge < -0.3 is 4.74 Å². The van der Waals surface area contributed by atoms with Crippen LogP contribution in [0.3, 0.4) is 0 Å². The molecule has 1 aromatic carbocycles. The minimum atomic E-state index is -0.496. The van der Waals surface area contributed by atoms with Crippen LogP contribution >= 0.6 is 45.8 Å². The number of hydrogen-bond donors (Lipinski definition) is 0. The van der Waals surface area contributed by atoms with Crippen molar-refractivity contribution in [1.82, 2.24) is 9.97 Å². The smallest absolute Gasteiger partial charge is 0.165 e. The number of methoxy groups -OCH3 is 1. The lowest BCUT2D eigenvalue weighted by atomic mass is 10.2. The maximum absolute atomic E-state index is 13.6. The van der Waals surface area contributed by atoms with Gasteiger partial charge in [-0.2, -0.15) is 0 Å².